The largest absolute Gasteiger partial charge is 0.494 e. The standard InChI is InChI=1S/C18H17ClN2O2S2/c1-2-9-23-13-5-3-12(4-6-13)15-11-24-18(20-15)21-17(22)10-14-7-8-16(19)25-14/h3-8,11H,2,9-10H2,1H3,(H,20,21,22). The van der Waals surface area contributed by atoms with E-state index in [-0.39, 0.29) is 5.91 Å². The Hall–Kier alpha value is -1.89. The van der Waals surface area contributed by atoms with Gasteiger partial charge in [0.25, 0.3) is 0 Å². The lowest BCUT2D eigenvalue weighted by atomic mass is 10.2. The number of nitrogens with zero attached hydrogens (tertiary/aromatic N) is 1. The third-order valence-electron chi connectivity index (χ3n) is 3.34. The Balaban J connectivity index is 1.60. The lowest BCUT2D eigenvalue weighted by Crippen LogP contribution is -2.13. The number of thiazole rings is 1. The molecule has 3 aromatic rings. The number of hydrogen-bond donors (Lipinski definition) is 1. The molecule has 0 aliphatic carbocycles. The molecule has 7 heteroatoms. The van der Waals surface area contributed by atoms with Crippen molar-refractivity contribution in [2.24, 2.45) is 0 Å². The van der Waals surface area contributed by atoms with Crippen molar-refractivity contribution >= 4 is 45.3 Å². The van der Waals surface area contributed by atoms with Crippen molar-refractivity contribution in [2.45, 2.75) is 19.8 Å². The Morgan fingerprint density at radius 1 is 1.24 bits per heavy atom. The molecular formula is C18H17ClN2O2S2. The topological polar surface area (TPSA) is 51.2 Å². The van der Waals surface area contributed by atoms with Crippen molar-refractivity contribution in [3.63, 3.8) is 0 Å². The first kappa shape index (κ1) is 17.9. The van der Waals surface area contributed by atoms with Gasteiger partial charge in [-0.1, -0.05) is 18.5 Å². The van der Waals surface area contributed by atoms with E-state index < -0.39 is 0 Å². The van der Waals surface area contributed by atoms with Crippen molar-refractivity contribution in [1.82, 2.24) is 4.98 Å². The molecule has 2 aromatic heterocycles. The highest BCUT2D eigenvalue weighted by Crippen LogP contribution is 2.27. The summed E-state index contributed by atoms with van der Waals surface area (Å²) in [5, 5.41) is 5.36. The van der Waals surface area contributed by atoms with E-state index in [0.717, 1.165) is 28.3 Å². The predicted octanol–water partition coefficient (Wildman–Crippen LogP) is 5.50. The lowest BCUT2D eigenvalue weighted by molar-refractivity contribution is -0.115. The van der Waals surface area contributed by atoms with E-state index in [9.17, 15) is 4.79 Å². The smallest absolute Gasteiger partial charge is 0.231 e. The van der Waals surface area contributed by atoms with Gasteiger partial charge in [0, 0.05) is 15.8 Å². The Labute approximate surface area is 159 Å². The van der Waals surface area contributed by atoms with Crippen molar-refractivity contribution in [3.8, 4) is 17.0 Å². The normalized spacial score (nSPS) is 10.6. The summed E-state index contributed by atoms with van der Waals surface area (Å²) < 4.78 is 6.26. The Morgan fingerprint density at radius 2 is 2.04 bits per heavy atom. The molecular weight excluding hydrogens is 376 g/mol. The van der Waals surface area contributed by atoms with Crippen LogP contribution in [-0.2, 0) is 11.2 Å². The molecule has 130 valence electrons. The first-order valence-electron chi connectivity index (χ1n) is 7.87. The van der Waals surface area contributed by atoms with Gasteiger partial charge in [-0.2, -0.15) is 0 Å². The molecule has 1 N–H and O–H groups in total. The van der Waals surface area contributed by atoms with Crippen LogP contribution in [0.1, 0.15) is 18.2 Å². The van der Waals surface area contributed by atoms with Gasteiger partial charge < -0.3 is 10.1 Å². The van der Waals surface area contributed by atoms with E-state index in [1.165, 1.54) is 22.7 Å². The number of nitrogens with one attached hydrogen (secondary N) is 1. The summed E-state index contributed by atoms with van der Waals surface area (Å²) in [4.78, 5) is 17.5. The first-order valence-corrected chi connectivity index (χ1v) is 9.94. The van der Waals surface area contributed by atoms with Gasteiger partial charge >= 0.3 is 0 Å². The van der Waals surface area contributed by atoms with Crippen LogP contribution in [0.2, 0.25) is 4.34 Å². The van der Waals surface area contributed by atoms with Crippen LogP contribution < -0.4 is 10.1 Å². The number of ether oxygens (including phenoxy) is 1. The number of carbonyl (C=O) groups is 1. The molecule has 0 bridgehead atoms. The second-order valence-corrected chi connectivity index (χ2v) is 8.00. The van der Waals surface area contributed by atoms with Gasteiger partial charge in [-0.15, -0.1) is 22.7 Å². The molecule has 0 saturated heterocycles. The molecule has 2 heterocycles. The second kappa shape index (κ2) is 8.47. The van der Waals surface area contributed by atoms with E-state index in [4.69, 9.17) is 16.3 Å². The average molecular weight is 393 g/mol. The highest BCUT2D eigenvalue weighted by Gasteiger charge is 2.10. The van der Waals surface area contributed by atoms with Crippen LogP contribution in [0, 0.1) is 0 Å². The number of amides is 1. The van der Waals surface area contributed by atoms with Gasteiger partial charge in [-0.3, -0.25) is 4.79 Å². The number of benzene rings is 1. The van der Waals surface area contributed by atoms with Crippen LogP contribution >= 0.6 is 34.3 Å². The highest BCUT2D eigenvalue weighted by molar-refractivity contribution is 7.16. The molecule has 3 rings (SSSR count). The minimum Gasteiger partial charge on any atom is -0.494 e. The number of thiophene rings is 1. The van der Waals surface area contributed by atoms with Gasteiger partial charge in [-0.05, 0) is 42.8 Å². The molecule has 1 amide bonds. The number of halogens is 1. The summed E-state index contributed by atoms with van der Waals surface area (Å²) in [6.45, 7) is 2.79. The minimum absolute atomic E-state index is 0.0947. The predicted molar refractivity (Wildman–Crippen MR) is 105 cm³/mol. The highest BCUT2D eigenvalue weighted by atomic mass is 35.5. The number of rotatable bonds is 7. The minimum atomic E-state index is -0.0947. The molecule has 0 unspecified atom stereocenters. The van der Waals surface area contributed by atoms with Gasteiger partial charge in [0.2, 0.25) is 5.91 Å². The van der Waals surface area contributed by atoms with Crippen LogP contribution in [-0.4, -0.2) is 17.5 Å². The Morgan fingerprint density at radius 3 is 2.72 bits per heavy atom. The fraction of sp³-hybridized carbons (Fsp3) is 0.222. The molecule has 1 aromatic carbocycles. The molecule has 0 radical (unpaired) electrons. The van der Waals surface area contributed by atoms with Crippen molar-refractivity contribution in [2.75, 3.05) is 11.9 Å². The van der Waals surface area contributed by atoms with Gasteiger partial charge in [0.05, 0.1) is 23.1 Å². The maximum absolute atomic E-state index is 12.1. The molecule has 4 nitrogen and oxygen atoms in total. The molecule has 0 aliphatic rings. The van der Waals surface area contributed by atoms with Gasteiger partial charge in [0.15, 0.2) is 5.13 Å². The number of anilines is 1. The summed E-state index contributed by atoms with van der Waals surface area (Å²) in [6.07, 6.45) is 1.28. The van der Waals surface area contributed by atoms with Crippen molar-refractivity contribution in [3.05, 3.63) is 51.0 Å². The molecule has 0 atom stereocenters. The fourth-order valence-corrected chi connectivity index (χ4v) is 4.00. The monoisotopic (exact) mass is 392 g/mol. The van der Waals surface area contributed by atoms with Crippen LogP contribution in [0.15, 0.2) is 41.8 Å². The molecule has 0 spiro atoms. The third kappa shape index (κ3) is 5.04. The van der Waals surface area contributed by atoms with E-state index >= 15 is 0 Å². The summed E-state index contributed by atoms with van der Waals surface area (Å²) in [5.41, 5.74) is 1.83. The number of aromatic nitrogens is 1. The van der Waals surface area contributed by atoms with Crippen LogP contribution in [0.25, 0.3) is 11.3 Å². The zero-order valence-corrected chi connectivity index (χ0v) is 16.0. The summed E-state index contributed by atoms with van der Waals surface area (Å²) >= 11 is 8.70. The lowest BCUT2D eigenvalue weighted by Gasteiger charge is -2.04. The van der Waals surface area contributed by atoms with E-state index in [2.05, 4.69) is 17.2 Å². The SMILES string of the molecule is CCCOc1ccc(-c2csc(NC(=O)Cc3ccc(Cl)s3)n2)cc1. The van der Waals surface area contributed by atoms with E-state index in [0.29, 0.717) is 22.5 Å². The molecule has 0 aliphatic heterocycles. The van der Waals surface area contributed by atoms with E-state index in [1.54, 1.807) is 6.07 Å². The first-order chi connectivity index (χ1) is 12.1. The fourth-order valence-electron chi connectivity index (χ4n) is 2.17. The zero-order chi connectivity index (χ0) is 17.6. The number of carbonyl (C=O) groups excluding carboxylic acids is 1. The van der Waals surface area contributed by atoms with Gasteiger partial charge in [-0.25, -0.2) is 4.98 Å². The van der Waals surface area contributed by atoms with Gasteiger partial charge in [0.1, 0.15) is 5.75 Å². The summed E-state index contributed by atoms with van der Waals surface area (Å²) in [5.74, 6) is 0.756. The third-order valence-corrected chi connectivity index (χ3v) is 5.33. The molecule has 0 fully saturated rings. The van der Waals surface area contributed by atoms with E-state index in [1.807, 2.05) is 35.7 Å². The maximum atomic E-state index is 12.1. The number of hydrogen-bond acceptors (Lipinski definition) is 5. The quantitative estimate of drug-likeness (QED) is 0.578. The zero-order valence-electron chi connectivity index (χ0n) is 13.6. The average Bonchev–Trinajstić information content (AvgIpc) is 3.22. The van der Waals surface area contributed by atoms with Crippen molar-refractivity contribution < 1.29 is 9.53 Å². The molecule has 0 saturated carbocycles. The van der Waals surface area contributed by atoms with Crippen LogP contribution in [0.3, 0.4) is 0 Å². The van der Waals surface area contributed by atoms with Crippen LogP contribution in [0.5, 0.6) is 5.75 Å². The Bertz CT molecular complexity index is 843. The summed E-state index contributed by atoms with van der Waals surface area (Å²) in [7, 11) is 0. The summed E-state index contributed by atoms with van der Waals surface area (Å²) in [6, 6.07) is 11.5. The second-order valence-electron chi connectivity index (χ2n) is 5.34. The maximum Gasteiger partial charge on any atom is 0.231 e. The van der Waals surface area contributed by atoms with Crippen LogP contribution in [0.4, 0.5) is 5.13 Å². The molecule has 25 heavy (non-hydrogen) atoms. The Kier molecular flexibility index (Phi) is 6.07. The van der Waals surface area contributed by atoms with Crippen molar-refractivity contribution in [1.29, 1.82) is 0 Å².